The van der Waals surface area contributed by atoms with Crippen LogP contribution in [-0.2, 0) is 0 Å². The molecule has 4 aromatic carbocycles. The number of aromatic hydroxyl groups is 6. The van der Waals surface area contributed by atoms with Gasteiger partial charge >= 0.3 is 0 Å². The van der Waals surface area contributed by atoms with E-state index in [1.807, 2.05) is 6.92 Å². The predicted octanol–water partition coefficient (Wildman–Crippen LogP) is 6.30. The molecule has 10 nitrogen and oxygen atoms in total. The number of rotatable bonds is 6. The molecule has 3 atom stereocenters. The second-order valence-corrected chi connectivity index (χ2v) is 11.0. The van der Waals surface area contributed by atoms with Gasteiger partial charge in [0.15, 0.2) is 11.5 Å². The van der Waals surface area contributed by atoms with Gasteiger partial charge in [-0.15, -0.1) is 0 Å². The minimum atomic E-state index is -1.03. The summed E-state index contributed by atoms with van der Waals surface area (Å²) in [6.07, 6.45) is 2.12. The van der Waals surface area contributed by atoms with Crippen molar-refractivity contribution in [3.8, 4) is 51.6 Å². The van der Waals surface area contributed by atoms with Crippen LogP contribution in [0.3, 0.4) is 0 Å². The molecule has 3 unspecified atom stereocenters. The Morgan fingerprint density at radius 1 is 0.818 bits per heavy atom. The van der Waals surface area contributed by atoms with Crippen molar-refractivity contribution < 1.29 is 44.7 Å². The Morgan fingerprint density at radius 3 is 2.20 bits per heavy atom. The van der Waals surface area contributed by atoms with Gasteiger partial charge in [0.1, 0.15) is 45.8 Å². The zero-order valence-electron chi connectivity index (χ0n) is 23.4. The lowest BCUT2D eigenvalue weighted by Crippen LogP contribution is -2.31. The van der Waals surface area contributed by atoms with Gasteiger partial charge in [-0.2, -0.15) is 5.90 Å². The first kappa shape index (κ1) is 28.5. The molecule has 0 saturated carbocycles. The molecule has 0 saturated heterocycles. The third-order valence-electron chi connectivity index (χ3n) is 8.17. The molecule has 0 aliphatic heterocycles. The number of allylic oxidation sites excluding steroid dienone is 2. The Balaban J connectivity index is 1.50. The van der Waals surface area contributed by atoms with Crippen LogP contribution >= 0.6 is 0 Å². The first-order valence-corrected chi connectivity index (χ1v) is 13.8. The highest BCUT2D eigenvalue weighted by Gasteiger charge is 2.43. The molecule has 224 valence electrons. The first-order chi connectivity index (χ1) is 21.0. The Bertz CT molecular complexity index is 1940. The number of nitrogens with two attached hydrogens (primary N) is 1. The largest absolute Gasteiger partial charge is 0.508 e. The standard InChI is InChI=1S/C34H29NO9/c1-16-8-24(22-7-5-21(44-35)15-27(22)39)32(34(42)23-6-4-19(36)13-26(23)38)25(9-16)33-28(40)10-18(11-29(33)41)30-12-17-2-3-20(37)14-31(17)43-30/h2-7,9-15,24-25,32,36-41H,8,35H2,1H3. The molecule has 0 bridgehead atoms. The predicted molar refractivity (Wildman–Crippen MR) is 161 cm³/mol. The van der Waals surface area contributed by atoms with Crippen molar-refractivity contribution >= 4 is 16.8 Å². The highest BCUT2D eigenvalue weighted by atomic mass is 16.6. The summed E-state index contributed by atoms with van der Waals surface area (Å²) in [5.74, 6) is 1.28. The van der Waals surface area contributed by atoms with Gasteiger partial charge in [0.05, 0.1) is 5.56 Å². The maximum Gasteiger partial charge on any atom is 0.171 e. The van der Waals surface area contributed by atoms with Crippen LogP contribution in [0, 0.1) is 5.92 Å². The van der Waals surface area contributed by atoms with Crippen LogP contribution in [0.15, 0.2) is 88.9 Å². The number of hydrogen-bond acceptors (Lipinski definition) is 10. The highest BCUT2D eigenvalue weighted by molar-refractivity contribution is 6.02. The lowest BCUT2D eigenvalue weighted by Gasteiger charge is -2.37. The van der Waals surface area contributed by atoms with Crippen LogP contribution in [0.5, 0.6) is 40.2 Å². The average Bonchev–Trinajstić information content (AvgIpc) is 3.39. The molecule has 10 heteroatoms. The van der Waals surface area contributed by atoms with Gasteiger partial charge in [-0.1, -0.05) is 17.7 Å². The molecule has 0 radical (unpaired) electrons. The van der Waals surface area contributed by atoms with Gasteiger partial charge in [-0.3, -0.25) is 4.79 Å². The number of fused-ring (bicyclic) bond motifs is 1. The number of furan rings is 1. The average molecular weight is 596 g/mol. The lowest BCUT2D eigenvalue weighted by atomic mass is 9.65. The lowest BCUT2D eigenvalue weighted by molar-refractivity contribution is 0.0876. The summed E-state index contributed by atoms with van der Waals surface area (Å²) in [6, 6.07) is 17.3. The van der Waals surface area contributed by atoms with Gasteiger partial charge in [0.2, 0.25) is 0 Å². The Labute approximate surface area is 251 Å². The fraction of sp³-hybridized carbons (Fsp3) is 0.147. The highest BCUT2D eigenvalue weighted by Crippen LogP contribution is 2.53. The van der Waals surface area contributed by atoms with Crippen molar-refractivity contribution in [2.75, 3.05) is 0 Å². The van der Waals surface area contributed by atoms with E-state index in [1.165, 1.54) is 42.5 Å². The third-order valence-corrected chi connectivity index (χ3v) is 8.17. The molecule has 1 aliphatic carbocycles. The number of ketones is 1. The van der Waals surface area contributed by atoms with Crippen molar-refractivity contribution in [1.29, 1.82) is 0 Å². The van der Waals surface area contributed by atoms with Crippen molar-refractivity contribution in [3.63, 3.8) is 0 Å². The molecule has 0 fully saturated rings. The van der Waals surface area contributed by atoms with Crippen LogP contribution in [0.1, 0.15) is 46.7 Å². The summed E-state index contributed by atoms with van der Waals surface area (Å²) >= 11 is 0. The summed E-state index contributed by atoms with van der Waals surface area (Å²) in [6.45, 7) is 1.85. The Kier molecular flexibility index (Phi) is 7.06. The van der Waals surface area contributed by atoms with E-state index in [2.05, 4.69) is 0 Å². The van der Waals surface area contributed by atoms with E-state index in [0.29, 0.717) is 34.3 Å². The number of phenolic OH excluding ortho intramolecular Hbond substituents is 6. The van der Waals surface area contributed by atoms with Crippen molar-refractivity contribution in [2.45, 2.75) is 25.2 Å². The number of benzene rings is 4. The molecule has 1 heterocycles. The molecule has 6 rings (SSSR count). The van der Waals surface area contributed by atoms with Crippen LogP contribution in [0.2, 0.25) is 0 Å². The molecule has 0 spiro atoms. The number of phenols is 6. The Morgan fingerprint density at radius 2 is 1.52 bits per heavy atom. The summed E-state index contributed by atoms with van der Waals surface area (Å²) in [5.41, 5.74) is 2.02. The van der Waals surface area contributed by atoms with Gasteiger partial charge in [-0.25, -0.2) is 0 Å². The summed E-state index contributed by atoms with van der Waals surface area (Å²) < 4.78 is 5.85. The van der Waals surface area contributed by atoms with Crippen LogP contribution in [-0.4, -0.2) is 36.4 Å². The molecule has 5 aromatic rings. The Hall–Kier alpha value is -5.61. The zero-order valence-corrected chi connectivity index (χ0v) is 23.4. The molecule has 0 amide bonds. The van der Waals surface area contributed by atoms with Crippen molar-refractivity contribution in [2.24, 2.45) is 11.8 Å². The third kappa shape index (κ3) is 5.01. The van der Waals surface area contributed by atoms with E-state index in [0.717, 1.165) is 11.6 Å². The number of Topliss-reactive ketones (excluding diaryl/α,β-unsaturated/α-hetero) is 1. The van der Waals surface area contributed by atoms with Gasteiger partial charge < -0.3 is 39.9 Å². The summed E-state index contributed by atoms with van der Waals surface area (Å²) in [7, 11) is 0. The molecule has 1 aliphatic rings. The van der Waals surface area contributed by atoms with Crippen LogP contribution in [0.25, 0.3) is 22.3 Å². The van der Waals surface area contributed by atoms with Gasteiger partial charge in [0.25, 0.3) is 0 Å². The van der Waals surface area contributed by atoms with Crippen LogP contribution in [0.4, 0.5) is 0 Å². The molecular weight excluding hydrogens is 566 g/mol. The normalized spacial score (nSPS) is 18.2. The van der Waals surface area contributed by atoms with E-state index in [4.69, 9.17) is 15.2 Å². The van der Waals surface area contributed by atoms with E-state index in [1.54, 1.807) is 30.3 Å². The first-order valence-electron chi connectivity index (χ1n) is 13.8. The van der Waals surface area contributed by atoms with E-state index < -0.39 is 29.3 Å². The number of hydrogen-bond donors (Lipinski definition) is 7. The summed E-state index contributed by atoms with van der Waals surface area (Å²) in [5, 5.41) is 64.7. The quantitative estimate of drug-likeness (QED) is 0.0667. The maximum atomic E-state index is 14.3. The van der Waals surface area contributed by atoms with Gasteiger partial charge in [0, 0.05) is 52.5 Å². The minimum Gasteiger partial charge on any atom is -0.508 e. The minimum absolute atomic E-state index is 0.0278. The molecule has 8 N–H and O–H groups in total. The van der Waals surface area contributed by atoms with Crippen molar-refractivity contribution in [1.82, 2.24) is 0 Å². The van der Waals surface area contributed by atoms with Gasteiger partial charge in [-0.05, 0) is 67.4 Å². The summed E-state index contributed by atoms with van der Waals surface area (Å²) in [4.78, 5) is 19.0. The zero-order chi connectivity index (χ0) is 31.3. The molecule has 1 aromatic heterocycles. The SMILES string of the molecule is CC1=CC(c2c(O)cc(-c3cc4ccc(O)cc4o3)cc2O)C(C(=O)c2ccc(O)cc2O)C(c2ccc(ON)cc2O)C1. The molecule has 44 heavy (non-hydrogen) atoms. The van der Waals surface area contributed by atoms with E-state index in [9.17, 15) is 35.4 Å². The van der Waals surface area contributed by atoms with E-state index >= 15 is 0 Å². The second kappa shape index (κ2) is 10.9. The monoisotopic (exact) mass is 595 g/mol. The number of carbonyl (C=O) groups excluding carboxylic acids is 1. The molecular formula is C34H29NO9. The second-order valence-electron chi connectivity index (χ2n) is 11.0. The van der Waals surface area contributed by atoms with Crippen LogP contribution < -0.4 is 10.7 Å². The topological polar surface area (TPSA) is 187 Å². The maximum absolute atomic E-state index is 14.3. The fourth-order valence-corrected chi connectivity index (χ4v) is 6.20. The van der Waals surface area contributed by atoms with Crippen molar-refractivity contribution in [3.05, 3.63) is 101 Å². The fourth-order valence-electron chi connectivity index (χ4n) is 6.20. The van der Waals surface area contributed by atoms with E-state index in [-0.39, 0.29) is 45.6 Å². The number of carbonyl (C=O) groups is 1. The smallest absolute Gasteiger partial charge is 0.171 e.